The molecule has 3 heterocycles. The third kappa shape index (κ3) is 3.90. The van der Waals surface area contributed by atoms with E-state index in [4.69, 9.17) is 9.15 Å². The van der Waals surface area contributed by atoms with Crippen LogP contribution in [0.2, 0.25) is 0 Å². The first kappa shape index (κ1) is 17.2. The van der Waals surface area contributed by atoms with E-state index in [-0.39, 0.29) is 24.2 Å². The van der Waals surface area contributed by atoms with E-state index < -0.39 is 5.97 Å². The second-order valence-electron chi connectivity index (χ2n) is 5.66. The third-order valence-corrected chi connectivity index (χ3v) is 4.88. The Kier molecular flexibility index (Phi) is 5.18. The van der Waals surface area contributed by atoms with Crippen LogP contribution in [0.4, 0.5) is 0 Å². The van der Waals surface area contributed by atoms with Crippen LogP contribution in [0.25, 0.3) is 0 Å². The zero-order chi connectivity index (χ0) is 17.8. The summed E-state index contributed by atoms with van der Waals surface area (Å²) in [6.07, 6.45) is 1.40. The number of hydrogen-bond donors (Lipinski definition) is 0. The number of furan rings is 1. The fraction of sp³-hybridized carbons (Fsp3) is 0.353. The lowest BCUT2D eigenvalue weighted by Crippen LogP contribution is -2.51. The van der Waals surface area contributed by atoms with Crippen molar-refractivity contribution in [3.05, 3.63) is 46.0 Å². The molecule has 2 aromatic heterocycles. The number of amides is 2. The van der Waals surface area contributed by atoms with Gasteiger partial charge in [0.15, 0.2) is 6.61 Å². The number of piperazine rings is 1. The summed E-state index contributed by atoms with van der Waals surface area (Å²) in [5.74, 6) is -0.830. The molecule has 0 spiro atoms. The van der Waals surface area contributed by atoms with Crippen LogP contribution in [0.5, 0.6) is 0 Å². The number of carbonyl (C=O) groups is 3. The highest BCUT2D eigenvalue weighted by Crippen LogP contribution is 2.14. The van der Waals surface area contributed by atoms with Crippen LogP contribution < -0.4 is 0 Å². The van der Waals surface area contributed by atoms with Crippen LogP contribution >= 0.6 is 11.3 Å². The zero-order valence-electron chi connectivity index (χ0n) is 13.8. The number of ether oxygens (including phenoxy) is 1. The Morgan fingerprint density at radius 2 is 1.88 bits per heavy atom. The lowest BCUT2D eigenvalue weighted by Gasteiger charge is -2.34. The van der Waals surface area contributed by atoms with E-state index >= 15 is 0 Å². The monoisotopic (exact) mass is 362 g/mol. The molecule has 0 aromatic carbocycles. The summed E-state index contributed by atoms with van der Waals surface area (Å²) >= 11 is 1.40. The minimum absolute atomic E-state index is 0.0122. The summed E-state index contributed by atoms with van der Waals surface area (Å²) < 4.78 is 10.0. The minimum Gasteiger partial charge on any atom is -0.457 e. The summed E-state index contributed by atoms with van der Waals surface area (Å²) in [7, 11) is 0. The van der Waals surface area contributed by atoms with Crippen molar-refractivity contribution in [3.8, 4) is 0 Å². The molecule has 0 saturated carbocycles. The standard InChI is InChI=1S/C17H18N2O5S/c1-12-4-9-23-15(12)17(22)24-11-14(20)18-5-7-19(8-6-18)16(21)13-3-2-10-25-13/h2-4,9-10H,5-8,11H2,1H3. The molecule has 1 aliphatic heterocycles. The fourth-order valence-corrected chi connectivity index (χ4v) is 3.27. The van der Waals surface area contributed by atoms with Gasteiger partial charge in [0, 0.05) is 31.7 Å². The van der Waals surface area contributed by atoms with Crippen LogP contribution in [0.3, 0.4) is 0 Å². The lowest BCUT2D eigenvalue weighted by atomic mass is 10.3. The van der Waals surface area contributed by atoms with E-state index in [1.165, 1.54) is 17.6 Å². The molecule has 1 fully saturated rings. The maximum Gasteiger partial charge on any atom is 0.375 e. The van der Waals surface area contributed by atoms with Gasteiger partial charge in [0.05, 0.1) is 11.1 Å². The first-order chi connectivity index (χ1) is 12.1. The maximum absolute atomic E-state index is 12.3. The van der Waals surface area contributed by atoms with Crippen LogP contribution in [-0.4, -0.2) is 60.4 Å². The summed E-state index contributed by atoms with van der Waals surface area (Å²) in [5.41, 5.74) is 0.665. The number of aryl methyl sites for hydroxylation is 1. The minimum atomic E-state index is -0.651. The smallest absolute Gasteiger partial charge is 0.375 e. The van der Waals surface area contributed by atoms with Crippen LogP contribution in [0.15, 0.2) is 34.3 Å². The molecule has 7 nitrogen and oxygen atoms in total. The summed E-state index contributed by atoms with van der Waals surface area (Å²) in [6.45, 7) is 3.17. The summed E-state index contributed by atoms with van der Waals surface area (Å²) in [4.78, 5) is 40.3. The van der Waals surface area contributed by atoms with Crippen molar-refractivity contribution in [1.29, 1.82) is 0 Å². The van der Waals surface area contributed by atoms with E-state index in [1.54, 1.807) is 28.9 Å². The second kappa shape index (κ2) is 7.52. The van der Waals surface area contributed by atoms with E-state index in [0.29, 0.717) is 36.6 Å². The van der Waals surface area contributed by atoms with Crippen LogP contribution in [0, 0.1) is 6.92 Å². The molecule has 0 radical (unpaired) electrons. The van der Waals surface area contributed by atoms with E-state index in [0.717, 1.165) is 0 Å². The molecule has 0 atom stereocenters. The Morgan fingerprint density at radius 1 is 1.16 bits per heavy atom. The average Bonchev–Trinajstić information content (AvgIpc) is 3.30. The first-order valence-corrected chi connectivity index (χ1v) is 8.76. The van der Waals surface area contributed by atoms with Gasteiger partial charge in [0.2, 0.25) is 5.76 Å². The van der Waals surface area contributed by atoms with E-state index in [9.17, 15) is 14.4 Å². The molecule has 3 rings (SSSR count). The number of rotatable bonds is 4. The Hall–Kier alpha value is -2.61. The molecule has 1 saturated heterocycles. The summed E-state index contributed by atoms with van der Waals surface area (Å²) in [5, 5.41) is 1.86. The van der Waals surface area contributed by atoms with Crippen molar-refractivity contribution < 1.29 is 23.5 Å². The number of nitrogens with zero attached hydrogens (tertiary/aromatic N) is 2. The van der Waals surface area contributed by atoms with Gasteiger partial charge in [0.1, 0.15) is 0 Å². The number of thiophene rings is 1. The molecule has 132 valence electrons. The van der Waals surface area contributed by atoms with Gasteiger partial charge in [-0.05, 0) is 24.4 Å². The largest absolute Gasteiger partial charge is 0.457 e. The molecule has 0 N–H and O–H groups in total. The van der Waals surface area contributed by atoms with Gasteiger partial charge in [-0.25, -0.2) is 4.79 Å². The molecule has 25 heavy (non-hydrogen) atoms. The molecular formula is C17H18N2O5S. The van der Waals surface area contributed by atoms with Gasteiger partial charge in [-0.3, -0.25) is 9.59 Å². The Bertz CT molecular complexity index is 760. The van der Waals surface area contributed by atoms with Crippen molar-refractivity contribution in [2.75, 3.05) is 32.8 Å². The SMILES string of the molecule is Cc1ccoc1C(=O)OCC(=O)N1CCN(C(=O)c2cccs2)CC1. The molecule has 1 aliphatic rings. The number of esters is 1. The predicted molar refractivity (Wildman–Crippen MR) is 90.5 cm³/mol. The Balaban J connectivity index is 1.46. The second-order valence-corrected chi connectivity index (χ2v) is 6.61. The van der Waals surface area contributed by atoms with E-state index in [2.05, 4.69) is 0 Å². The lowest BCUT2D eigenvalue weighted by molar-refractivity contribution is -0.136. The molecule has 0 bridgehead atoms. The van der Waals surface area contributed by atoms with Crippen molar-refractivity contribution >= 4 is 29.1 Å². The fourth-order valence-electron chi connectivity index (χ4n) is 2.58. The molecule has 0 unspecified atom stereocenters. The van der Waals surface area contributed by atoms with Crippen molar-refractivity contribution in [1.82, 2.24) is 9.80 Å². The van der Waals surface area contributed by atoms with Crippen molar-refractivity contribution in [3.63, 3.8) is 0 Å². The average molecular weight is 362 g/mol. The molecule has 8 heteroatoms. The van der Waals surface area contributed by atoms with Gasteiger partial charge >= 0.3 is 5.97 Å². The van der Waals surface area contributed by atoms with Gasteiger partial charge < -0.3 is 19.0 Å². The molecule has 2 amide bonds. The van der Waals surface area contributed by atoms with Crippen molar-refractivity contribution in [2.24, 2.45) is 0 Å². The summed E-state index contributed by atoms with van der Waals surface area (Å²) in [6, 6.07) is 5.29. The highest BCUT2D eigenvalue weighted by Gasteiger charge is 2.26. The van der Waals surface area contributed by atoms with Gasteiger partial charge in [-0.1, -0.05) is 6.07 Å². The topological polar surface area (TPSA) is 80.1 Å². The van der Waals surface area contributed by atoms with Gasteiger partial charge in [0.25, 0.3) is 11.8 Å². The number of carbonyl (C=O) groups excluding carboxylic acids is 3. The Morgan fingerprint density at radius 3 is 2.48 bits per heavy atom. The quantitative estimate of drug-likeness (QED) is 0.775. The maximum atomic E-state index is 12.3. The predicted octanol–water partition coefficient (Wildman–Crippen LogP) is 1.79. The molecular weight excluding hydrogens is 344 g/mol. The zero-order valence-corrected chi connectivity index (χ0v) is 14.6. The van der Waals surface area contributed by atoms with Gasteiger partial charge in [-0.15, -0.1) is 11.3 Å². The molecule has 2 aromatic rings. The third-order valence-electron chi connectivity index (χ3n) is 4.03. The normalized spacial score (nSPS) is 14.4. The highest BCUT2D eigenvalue weighted by atomic mass is 32.1. The van der Waals surface area contributed by atoms with Crippen LogP contribution in [0.1, 0.15) is 25.8 Å². The molecule has 0 aliphatic carbocycles. The van der Waals surface area contributed by atoms with Gasteiger partial charge in [-0.2, -0.15) is 0 Å². The van der Waals surface area contributed by atoms with Crippen LogP contribution in [-0.2, 0) is 9.53 Å². The Labute approximate surface area is 148 Å². The van der Waals surface area contributed by atoms with E-state index in [1.807, 2.05) is 11.4 Å². The number of hydrogen-bond acceptors (Lipinski definition) is 6. The van der Waals surface area contributed by atoms with Crippen molar-refractivity contribution in [2.45, 2.75) is 6.92 Å². The first-order valence-electron chi connectivity index (χ1n) is 7.88. The highest BCUT2D eigenvalue weighted by molar-refractivity contribution is 7.12.